The maximum absolute atomic E-state index is 12.9. The molecule has 2 aliphatic heterocycles. The Labute approximate surface area is 177 Å². The predicted octanol–water partition coefficient (Wildman–Crippen LogP) is 2.03. The second kappa shape index (κ2) is 8.98. The van der Waals surface area contributed by atoms with Gasteiger partial charge < -0.3 is 15.0 Å². The van der Waals surface area contributed by atoms with Crippen LogP contribution in [0.15, 0.2) is 48.5 Å². The number of nitrogens with zero attached hydrogens (tertiary/aromatic N) is 2. The Bertz CT molecular complexity index is 915. The fourth-order valence-electron chi connectivity index (χ4n) is 4.25. The molecule has 0 aromatic heterocycles. The van der Waals surface area contributed by atoms with Crippen molar-refractivity contribution in [1.29, 1.82) is 0 Å². The molecule has 0 bridgehead atoms. The van der Waals surface area contributed by atoms with Gasteiger partial charge in [0, 0.05) is 26.2 Å². The van der Waals surface area contributed by atoms with Gasteiger partial charge in [-0.3, -0.25) is 14.5 Å². The average Bonchev–Trinajstić information content (AvgIpc) is 2.74. The van der Waals surface area contributed by atoms with Gasteiger partial charge in [0.15, 0.2) is 0 Å². The summed E-state index contributed by atoms with van der Waals surface area (Å²) in [5, 5.41) is 2.87. The lowest BCUT2D eigenvalue weighted by Gasteiger charge is -2.45. The van der Waals surface area contributed by atoms with Crippen LogP contribution in [0.1, 0.15) is 22.3 Å². The molecule has 4 rings (SSSR count). The van der Waals surface area contributed by atoms with E-state index in [1.165, 1.54) is 16.7 Å². The van der Waals surface area contributed by atoms with Gasteiger partial charge in [-0.1, -0.05) is 54.1 Å². The summed E-state index contributed by atoms with van der Waals surface area (Å²) in [6, 6.07) is 15.2. The molecular weight excluding hydrogens is 378 g/mol. The summed E-state index contributed by atoms with van der Waals surface area (Å²) >= 11 is 0. The van der Waals surface area contributed by atoms with E-state index < -0.39 is 12.1 Å². The molecule has 158 valence electrons. The van der Waals surface area contributed by atoms with Gasteiger partial charge in [-0.2, -0.15) is 0 Å². The van der Waals surface area contributed by atoms with Crippen LogP contribution >= 0.6 is 0 Å². The van der Waals surface area contributed by atoms with E-state index >= 15 is 0 Å². The standard InChI is InChI=1S/C24H29N3O3/c1-17-8-9-20(18(2)12-17)13-26-10-11-27-22(14-26)23(28)25-21(24(27)29)16-30-15-19-6-4-3-5-7-19/h3-9,12,21-22H,10-11,13-16H2,1-2H3,(H,25,28)/t21-,22+/m0/s1. The van der Waals surface area contributed by atoms with E-state index in [1.54, 1.807) is 4.90 Å². The summed E-state index contributed by atoms with van der Waals surface area (Å²) in [5.74, 6) is -0.132. The highest BCUT2D eigenvalue weighted by Crippen LogP contribution is 2.20. The van der Waals surface area contributed by atoms with E-state index in [-0.39, 0.29) is 18.4 Å². The Morgan fingerprint density at radius 1 is 1.07 bits per heavy atom. The zero-order chi connectivity index (χ0) is 21.1. The Kier molecular flexibility index (Phi) is 6.16. The third-order valence-corrected chi connectivity index (χ3v) is 5.95. The lowest BCUT2D eigenvalue weighted by molar-refractivity contribution is -0.155. The van der Waals surface area contributed by atoms with Gasteiger partial charge in [-0.15, -0.1) is 0 Å². The van der Waals surface area contributed by atoms with Crippen molar-refractivity contribution in [3.8, 4) is 0 Å². The normalized spacial score (nSPS) is 22.0. The van der Waals surface area contributed by atoms with E-state index in [0.717, 1.165) is 18.7 Å². The number of nitrogens with one attached hydrogen (secondary N) is 1. The minimum absolute atomic E-state index is 0.0428. The van der Waals surface area contributed by atoms with Crippen LogP contribution in [0, 0.1) is 13.8 Å². The fourth-order valence-corrected chi connectivity index (χ4v) is 4.25. The molecule has 2 amide bonds. The lowest BCUT2D eigenvalue weighted by Crippen LogP contribution is -2.69. The predicted molar refractivity (Wildman–Crippen MR) is 115 cm³/mol. The molecule has 1 N–H and O–H groups in total. The number of piperazine rings is 2. The number of aryl methyl sites for hydroxylation is 2. The van der Waals surface area contributed by atoms with Crippen LogP contribution in [0.5, 0.6) is 0 Å². The van der Waals surface area contributed by atoms with E-state index in [2.05, 4.69) is 42.3 Å². The SMILES string of the molecule is Cc1ccc(CN2CCN3C(=O)[C@H](COCc4ccccc4)NC(=O)[C@H]3C2)c(C)c1. The van der Waals surface area contributed by atoms with Crippen LogP contribution in [0.25, 0.3) is 0 Å². The van der Waals surface area contributed by atoms with Gasteiger partial charge in [0.2, 0.25) is 11.8 Å². The summed E-state index contributed by atoms with van der Waals surface area (Å²) < 4.78 is 5.71. The van der Waals surface area contributed by atoms with Crippen molar-refractivity contribution in [1.82, 2.24) is 15.1 Å². The maximum atomic E-state index is 12.9. The molecule has 2 saturated heterocycles. The quantitative estimate of drug-likeness (QED) is 0.796. The molecular formula is C24H29N3O3. The van der Waals surface area contributed by atoms with Crippen molar-refractivity contribution in [2.75, 3.05) is 26.2 Å². The first-order chi connectivity index (χ1) is 14.5. The molecule has 6 heteroatoms. The van der Waals surface area contributed by atoms with Crippen molar-refractivity contribution in [2.24, 2.45) is 0 Å². The van der Waals surface area contributed by atoms with Crippen molar-refractivity contribution in [3.63, 3.8) is 0 Å². The number of hydrogen-bond donors (Lipinski definition) is 1. The third-order valence-electron chi connectivity index (χ3n) is 5.95. The van der Waals surface area contributed by atoms with Crippen LogP contribution < -0.4 is 5.32 Å². The molecule has 6 nitrogen and oxygen atoms in total. The molecule has 2 aromatic rings. The van der Waals surface area contributed by atoms with Crippen LogP contribution in [0.3, 0.4) is 0 Å². The van der Waals surface area contributed by atoms with Crippen molar-refractivity contribution < 1.29 is 14.3 Å². The Morgan fingerprint density at radius 3 is 2.63 bits per heavy atom. The molecule has 2 atom stereocenters. The molecule has 2 aliphatic rings. The van der Waals surface area contributed by atoms with Crippen molar-refractivity contribution >= 4 is 11.8 Å². The van der Waals surface area contributed by atoms with Crippen LogP contribution in [0.2, 0.25) is 0 Å². The molecule has 0 radical (unpaired) electrons. The summed E-state index contributed by atoms with van der Waals surface area (Å²) in [7, 11) is 0. The number of benzene rings is 2. The number of rotatable bonds is 6. The van der Waals surface area contributed by atoms with Gasteiger partial charge in [0.25, 0.3) is 0 Å². The van der Waals surface area contributed by atoms with Crippen LogP contribution in [-0.4, -0.2) is 59.9 Å². The lowest BCUT2D eigenvalue weighted by atomic mass is 10.0. The largest absolute Gasteiger partial charge is 0.374 e. The Morgan fingerprint density at radius 2 is 1.87 bits per heavy atom. The maximum Gasteiger partial charge on any atom is 0.248 e. The third kappa shape index (κ3) is 4.55. The summed E-state index contributed by atoms with van der Waals surface area (Å²) in [5.41, 5.74) is 4.82. The highest BCUT2D eigenvalue weighted by molar-refractivity contribution is 5.97. The zero-order valence-corrected chi connectivity index (χ0v) is 17.6. The smallest absolute Gasteiger partial charge is 0.248 e. The molecule has 0 unspecified atom stereocenters. The van der Waals surface area contributed by atoms with E-state index in [1.807, 2.05) is 30.3 Å². The Balaban J connectivity index is 1.33. The first-order valence-electron chi connectivity index (χ1n) is 10.5. The second-order valence-electron chi connectivity index (χ2n) is 8.27. The van der Waals surface area contributed by atoms with Crippen molar-refractivity contribution in [2.45, 2.75) is 39.1 Å². The van der Waals surface area contributed by atoms with Gasteiger partial charge in [0.1, 0.15) is 12.1 Å². The molecule has 0 aliphatic carbocycles. The molecule has 30 heavy (non-hydrogen) atoms. The monoisotopic (exact) mass is 407 g/mol. The number of fused-ring (bicyclic) bond motifs is 1. The first-order valence-corrected chi connectivity index (χ1v) is 10.5. The van der Waals surface area contributed by atoms with Crippen LogP contribution in [-0.2, 0) is 27.5 Å². The molecule has 2 heterocycles. The van der Waals surface area contributed by atoms with E-state index in [9.17, 15) is 9.59 Å². The number of ether oxygens (including phenoxy) is 1. The summed E-state index contributed by atoms with van der Waals surface area (Å²) in [6.07, 6.45) is 0. The van der Waals surface area contributed by atoms with Gasteiger partial charge in [0.05, 0.1) is 13.2 Å². The summed E-state index contributed by atoms with van der Waals surface area (Å²) in [4.78, 5) is 29.6. The minimum atomic E-state index is -0.608. The zero-order valence-electron chi connectivity index (χ0n) is 17.6. The average molecular weight is 408 g/mol. The molecule has 0 saturated carbocycles. The van der Waals surface area contributed by atoms with Crippen molar-refractivity contribution in [3.05, 3.63) is 70.8 Å². The number of carbonyl (C=O) groups excluding carboxylic acids is 2. The van der Waals surface area contributed by atoms with Crippen LogP contribution in [0.4, 0.5) is 0 Å². The number of carbonyl (C=O) groups is 2. The number of hydrogen-bond acceptors (Lipinski definition) is 4. The van der Waals surface area contributed by atoms with E-state index in [4.69, 9.17) is 4.74 Å². The number of amides is 2. The minimum Gasteiger partial charge on any atom is -0.374 e. The van der Waals surface area contributed by atoms with Gasteiger partial charge in [-0.25, -0.2) is 0 Å². The molecule has 2 aromatic carbocycles. The van der Waals surface area contributed by atoms with E-state index in [0.29, 0.717) is 19.7 Å². The van der Waals surface area contributed by atoms with Gasteiger partial charge in [-0.05, 0) is 30.5 Å². The Hall–Kier alpha value is -2.70. The topological polar surface area (TPSA) is 61.9 Å². The second-order valence-corrected chi connectivity index (χ2v) is 8.27. The molecule has 2 fully saturated rings. The fraction of sp³-hybridized carbons (Fsp3) is 0.417. The molecule has 0 spiro atoms. The first kappa shape index (κ1) is 20.6. The highest BCUT2D eigenvalue weighted by Gasteiger charge is 2.43. The van der Waals surface area contributed by atoms with Gasteiger partial charge >= 0.3 is 0 Å². The summed E-state index contributed by atoms with van der Waals surface area (Å²) in [6.45, 7) is 7.51. The highest BCUT2D eigenvalue weighted by atomic mass is 16.5.